The maximum Gasteiger partial charge on any atom is 1.00 e. The fourth-order valence-corrected chi connectivity index (χ4v) is 5.37. The Hall–Kier alpha value is -1.95. The molecule has 1 aromatic rings. The van der Waals surface area contributed by atoms with Crippen LogP contribution in [-0.4, -0.2) is 59.5 Å². The number of carboxylic acids is 1. The Balaban J connectivity index is 0.00000280. The van der Waals surface area contributed by atoms with Crippen LogP contribution >= 0.6 is 0 Å². The largest absolute Gasteiger partial charge is 1.00 e. The summed E-state index contributed by atoms with van der Waals surface area (Å²) in [5.41, 5.74) is 0.459. The zero-order valence-corrected chi connectivity index (χ0v) is 18.4. The van der Waals surface area contributed by atoms with Gasteiger partial charge < -0.3 is 19.5 Å². The number of rotatable bonds is 3. The number of methoxy groups -OCH3 is 1. The number of aliphatic carboxylic acids is 1. The maximum absolute atomic E-state index is 12.8. The fraction of sp³-hybridized carbons (Fsp3) is 0.375. The Kier molecular flexibility index (Phi) is 5.96. The van der Waals surface area contributed by atoms with Crippen molar-refractivity contribution >= 4 is 39.6 Å². The van der Waals surface area contributed by atoms with Gasteiger partial charge in [0.2, 0.25) is 0 Å². The van der Waals surface area contributed by atoms with Gasteiger partial charge >= 0.3 is 35.7 Å². The molecule has 0 unspecified atom stereocenters. The average molecular weight is 417 g/mol. The normalized spacial score (nSPS) is 25.3. The summed E-state index contributed by atoms with van der Waals surface area (Å²) >= 11 is 0. The number of anilines is 1. The van der Waals surface area contributed by atoms with Crippen molar-refractivity contribution in [3.05, 3.63) is 29.6 Å². The molecule has 28 heavy (non-hydrogen) atoms. The second kappa shape index (κ2) is 7.47. The quantitative estimate of drug-likeness (QED) is 0.299. The second-order valence-corrected chi connectivity index (χ2v) is 9.21. The topological polar surface area (TPSA) is 146 Å². The van der Waals surface area contributed by atoms with Gasteiger partial charge in [-0.15, -0.1) is 0 Å². The molecule has 2 saturated heterocycles. The molecule has 144 valence electrons. The van der Waals surface area contributed by atoms with Gasteiger partial charge in [-0.05, 0) is 32.1 Å². The van der Waals surface area contributed by atoms with E-state index in [0.29, 0.717) is 5.69 Å². The van der Waals surface area contributed by atoms with Crippen LogP contribution in [0.5, 0.6) is 0 Å². The predicted octanol–water partition coefficient (Wildman–Crippen LogP) is -3.86. The Labute approximate surface area is 183 Å². The van der Waals surface area contributed by atoms with Gasteiger partial charge in [0.05, 0.1) is 35.1 Å². The molecule has 0 saturated carbocycles. The number of ether oxygens (including phenoxy) is 1. The van der Waals surface area contributed by atoms with E-state index in [1.54, 1.807) is 0 Å². The van der Waals surface area contributed by atoms with Crippen LogP contribution in [0.25, 0.3) is 6.08 Å². The van der Waals surface area contributed by atoms with Gasteiger partial charge in [-0.3, -0.25) is 15.1 Å². The molecule has 3 rings (SSSR count). The first-order valence-corrected chi connectivity index (χ1v) is 9.36. The molecule has 2 aliphatic heterocycles. The van der Waals surface area contributed by atoms with Crippen LogP contribution in [0.1, 0.15) is 19.5 Å². The molecule has 0 aromatic carbocycles. The molecule has 0 bridgehead atoms. The average Bonchev–Trinajstić information content (AvgIpc) is 2.73. The molecule has 2 atom stereocenters. The second-order valence-electron chi connectivity index (χ2n) is 6.62. The summed E-state index contributed by atoms with van der Waals surface area (Å²) in [6, 6.07) is 1.33. The summed E-state index contributed by atoms with van der Waals surface area (Å²) in [7, 11) is -2.80. The predicted molar refractivity (Wildman–Crippen MR) is 90.7 cm³/mol. The minimum absolute atomic E-state index is 0. The van der Waals surface area contributed by atoms with Crippen LogP contribution in [0, 0.1) is 0 Å². The van der Waals surface area contributed by atoms with Crippen molar-refractivity contribution in [2.24, 2.45) is 0 Å². The van der Waals surface area contributed by atoms with E-state index in [1.807, 2.05) is 0 Å². The molecule has 1 N–H and O–H groups in total. The molecule has 12 heteroatoms. The maximum atomic E-state index is 12.8. The molecular weight excluding hydrogens is 401 g/mol. The van der Waals surface area contributed by atoms with Crippen molar-refractivity contribution in [3.8, 4) is 0 Å². The Morgan fingerprint density at radius 3 is 2.61 bits per heavy atom. The van der Waals surface area contributed by atoms with Gasteiger partial charge in [0.15, 0.2) is 15.2 Å². The van der Waals surface area contributed by atoms with Crippen LogP contribution in [0.3, 0.4) is 0 Å². The SMILES string of the molecule is COC(=O)Nc1ccnc(/C=C2\C(=O)N3[C@@H](C(=O)[O-])C(C)(C)S(=O)(=O)[C@H]23)c1.[Na+]. The minimum atomic E-state index is -4.00. The van der Waals surface area contributed by atoms with E-state index in [0.717, 1.165) is 4.90 Å². The van der Waals surface area contributed by atoms with Crippen LogP contribution in [-0.2, 0) is 24.2 Å². The number of nitrogens with one attached hydrogen (secondary N) is 1. The number of fused-ring (bicyclic) bond motifs is 1. The van der Waals surface area contributed by atoms with E-state index >= 15 is 0 Å². The molecule has 3 heterocycles. The van der Waals surface area contributed by atoms with Crippen LogP contribution in [0.15, 0.2) is 23.9 Å². The third-order valence-corrected chi connectivity index (χ3v) is 7.46. The monoisotopic (exact) mass is 417 g/mol. The Bertz CT molecular complexity index is 990. The van der Waals surface area contributed by atoms with E-state index in [4.69, 9.17) is 0 Å². The first kappa shape index (κ1) is 22.3. The van der Waals surface area contributed by atoms with E-state index in [9.17, 15) is 27.9 Å². The van der Waals surface area contributed by atoms with Crippen molar-refractivity contribution in [1.82, 2.24) is 9.88 Å². The van der Waals surface area contributed by atoms with E-state index < -0.39 is 44.0 Å². The number of carbonyl (C=O) groups excluding carboxylic acids is 3. The van der Waals surface area contributed by atoms with Crippen LogP contribution in [0.4, 0.5) is 10.5 Å². The van der Waals surface area contributed by atoms with Gasteiger partial charge in [0.1, 0.15) is 0 Å². The number of hydrogen-bond donors (Lipinski definition) is 1. The van der Waals surface area contributed by atoms with Crippen LogP contribution in [0.2, 0.25) is 0 Å². The number of sulfone groups is 1. The summed E-state index contributed by atoms with van der Waals surface area (Å²) in [5.74, 6) is -2.34. The summed E-state index contributed by atoms with van der Waals surface area (Å²) in [6.45, 7) is 2.51. The van der Waals surface area contributed by atoms with Crippen molar-refractivity contribution in [1.29, 1.82) is 0 Å². The Morgan fingerprint density at radius 1 is 1.39 bits per heavy atom. The molecular formula is C16H16N3NaO7S. The Morgan fingerprint density at radius 2 is 2.04 bits per heavy atom. The van der Waals surface area contributed by atoms with Crippen molar-refractivity contribution in [3.63, 3.8) is 0 Å². The molecule has 2 amide bonds. The number of hydrogen-bond acceptors (Lipinski definition) is 8. The number of nitrogens with zero attached hydrogens (tertiary/aromatic N) is 2. The number of β-lactam (4-membered cyclic amide) rings is 1. The van der Waals surface area contributed by atoms with E-state index in [-0.39, 0.29) is 40.8 Å². The summed E-state index contributed by atoms with van der Waals surface area (Å²) in [5, 5.41) is 12.5. The molecule has 2 aliphatic rings. The summed E-state index contributed by atoms with van der Waals surface area (Å²) in [6.07, 6.45) is 1.91. The third kappa shape index (κ3) is 3.21. The minimum Gasteiger partial charge on any atom is -0.548 e. The number of aromatic nitrogens is 1. The van der Waals surface area contributed by atoms with Crippen molar-refractivity contribution < 1.29 is 62.2 Å². The first-order chi connectivity index (χ1) is 12.5. The van der Waals surface area contributed by atoms with Gasteiger partial charge in [0.25, 0.3) is 5.91 Å². The summed E-state index contributed by atoms with van der Waals surface area (Å²) < 4.78 is 28.3. The number of pyridine rings is 1. The van der Waals surface area contributed by atoms with Gasteiger partial charge in [-0.2, -0.15) is 0 Å². The third-order valence-electron chi connectivity index (χ3n) is 4.70. The van der Waals surface area contributed by atoms with Crippen LogP contribution < -0.4 is 40.0 Å². The first-order valence-electron chi connectivity index (χ1n) is 7.82. The van der Waals surface area contributed by atoms with Gasteiger partial charge in [0, 0.05) is 11.9 Å². The number of carbonyl (C=O) groups is 3. The summed E-state index contributed by atoms with van der Waals surface area (Å²) in [4.78, 5) is 40.0. The number of carboxylic acid groups (broad SMARTS) is 1. The zero-order chi connectivity index (χ0) is 20.1. The molecule has 2 fully saturated rings. The zero-order valence-electron chi connectivity index (χ0n) is 15.6. The number of amides is 2. The molecule has 1 aromatic heterocycles. The van der Waals surface area contributed by atoms with Gasteiger partial charge in [-0.1, -0.05) is 0 Å². The molecule has 0 spiro atoms. The fourth-order valence-electron chi connectivity index (χ4n) is 3.26. The van der Waals surface area contributed by atoms with E-state index in [1.165, 1.54) is 45.4 Å². The van der Waals surface area contributed by atoms with Crippen molar-refractivity contribution in [2.75, 3.05) is 12.4 Å². The molecule has 0 radical (unpaired) electrons. The standard InChI is InChI=1S/C16H17N3O7S.Na/c1-16(2)11(14(21)22)19-12(20)10(13(19)27(16,24)25)7-9-6-8(4-5-17-9)18-15(23)26-3;/h4-7,11,13H,1-3H3,(H,21,22)(H,17,18,23);/q;+1/p-1/b10-7+;/t11-,13+;/m0./s1. The van der Waals surface area contributed by atoms with Gasteiger partial charge in [-0.25, -0.2) is 13.2 Å². The van der Waals surface area contributed by atoms with Crippen molar-refractivity contribution in [2.45, 2.75) is 30.0 Å². The molecule has 10 nitrogen and oxygen atoms in total. The van der Waals surface area contributed by atoms with E-state index in [2.05, 4.69) is 15.0 Å². The molecule has 0 aliphatic carbocycles. The smallest absolute Gasteiger partial charge is 0.548 e.